The molecule has 2 aromatic carbocycles. The zero-order chi connectivity index (χ0) is 13.7. The molecule has 2 aromatic rings. The normalized spacial score (nSPS) is 9.05. The summed E-state index contributed by atoms with van der Waals surface area (Å²) in [6.07, 6.45) is 0. The van der Waals surface area contributed by atoms with Crippen LogP contribution < -0.4 is 10.2 Å². The summed E-state index contributed by atoms with van der Waals surface area (Å²) in [6.45, 7) is 7.48. The van der Waals surface area contributed by atoms with E-state index in [2.05, 4.69) is 0 Å². The molecular formula is C16H18MgO2. The molecular weight excluding hydrogens is 248 g/mol. The standard InChI is InChI=1S/2C8H10O.Mg/c2*1-6-3-4-7(2)8(9)5-6;/h2*3-5,9H,1-2H3;/q;;+2/p-2. The van der Waals surface area contributed by atoms with E-state index >= 15 is 0 Å². The fourth-order valence-electron chi connectivity index (χ4n) is 1.41. The number of benzene rings is 2. The van der Waals surface area contributed by atoms with Gasteiger partial charge in [-0.1, -0.05) is 58.7 Å². The number of hydrogen-bond donors (Lipinski definition) is 0. The first-order valence-electron chi connectivity index (χ1n) is 5.88. The smallest absolute Gasteiger partial charge is 0.872 e. The molecule has 0 amide bonds. The molecule has 0 bridgehead atoms. The first-order valence-corrected chi connectivity index (χ1v) is 5.88. The van der Waals surface area contributed by atoms with Crippen molar-refractivity contribution in [3.8, 4) is 11.5 Å². The SMILES string of the molecule is Cc1ccc(C)c([O-])c1.Cc1ccc(C)c([O-])c1.[Mg+2]. The van der Waals surface area contributed by atoms with Gasteiger partial charge in [-0.05, 0) is 27.7 Å². The summed E-state index contributed by atoms with van der Waals surface area (Å²) in [5.74, 6) is 0.269. The molecule has 0 aliphatic heterocycles. The van der Waals surface area contributed by atoms with Gasteiger partial charge in [0.25, 0.3) is 0 Å². The third-order valence-electron chi connectivity index (χ3n) is 2.69. The van der Waals surface area contributed by atoms with Crippen molar-refractivity contribution in [1.82, 2.24) is 0 Å². The number of aryl methyl sites for hydroxylation is 4. The zero-order valence-electron chi connectivity index (χ0n) is 12.0. The van der Waals surface area contributed by atoms with Crippen LogP contribution in [0.2, 0.25) is 0 Å². The topological polar surface area (TPSA) is 46.1 Å². The van der Waals surface area contributed by atoms with Crippen molar-refractivity contribution in [3.05, 3.63) is 58.7 Å². The Hall–Kier alpha value is -1.19. The number of hydrogen-bond acceptors (Lipinski definition) is 2. The van der Waals surface area contributed by atoms with Crippen LogP contribution in [0, 0.1) is 27.7 Å². The van der Waals surface area contributed by atoms with Crippen LogP contribution in [-0.4, -0.2) is 23.1 Å². The molecule has 0 spiro atoms. The summed E-state index contributed by atoms with van der Waals surface area (Å²) in [6, 6.07) is 10.9. The van der Waals surface area contributed by atoms with Crippen LogP contribution in [-0.2, 0) is 0 Å². The van der Waals surface area contributed by atoms with E-state index in [1.165, 1.54) is 0 Å². The minimum Gasteiger partial charge on any atom is -0.872 e. The molecule has 0 N–H and O–H groups in total. The van der Waals surface area contributed by atoms with Gasteiger partial charge in [0, 0.05) is 0 Å². The molecule has 0 heterocycles. The Labute approximate surface area is 131 Å². The third-order valence-corrected chi connectivity index (χ3v) is 2.69. The Balaban J connectivity index is 0.000000324. The van der Waals surface area contributed by atoms with E-state index in [1.54, 1.807) is 12.1 Å². The van der Waals surface area contributed by atoms with Crippen molar-refractivity contribution in [1.29, 1.82) is 0 Å². The number of rotatable bonds is 0. The van der Waals surface area contributed by atoms with Gasteiger partial charge < -0.3 is 10.2 Å². The second kappa shape index (κ2) is 8.07. The maximum Gasteiger partial charge on any atom is 2.00 e. The molecule has 0 fully saturated rings. The van der Waals surface area contributed by atoms with Gasteiger partial charge in [0.2, 0.25) is 0 Å². The summed E-state index contributed by atoms with van der Waals surface area (Å²) in [5.41, 5.74) is 3.71. The van der Waals surface area contributed by atoms with E-state index in [4.69, 9.17) is 0 Å². The van der Waals surface area contributed by atoms with Gasteiger partial charge in [-0.15, -0.1) is 11.5 Å². The van der Waals surface area contributed by atoms with E-state index in [0.717, 1.165) is 22.3 Å². The molecule has 0 atom stereocenters. The molecule has 0 radical (unpaired) electrons. The van der Waals surface area contributed by atoms with Gasteiger partial charge in [-0.2, -0.15) is 0 Å². The Kier molecular flexibility index (Phi) is 7.57. The van der Waals surface area contributed by atoms with Crippen molar-refractivity contribution in [2.45, 2.75) is 27.7 Å². The van der Waals surface area contributed by atoms with Gasteiger partial charge in [-0.3, -0.25) is 0 Å². The largest absolute Gasteiger partial charge is 2.00 e. The average Bonchev–Trinajstić information content (AvgIpc) is 2.30. The van der Waals surface area contributed by atoms with Crippen LogP contribution in [0.3, 0.4) is 0 Å². The summed E-state index contributed by atoms with van der Waals surface area (Å²) >= 11 is 0. The molecule has 3 heteroatoms. The van der Waals surface area contributed by atoms with Crippen LogP contribution in [0.5, 0.6) is 11.5 Å². The van der Waals surface area contributed by atoms with Crippen molar-refractivity contribution >= 4 is 23.1 Å². The molecule has 96 valence electrons. The van der Waals surface area contributed by atoms with Crippen molar-refractivity contribution < 1.29 is 10.2 Å². The Morgan fingerprint density at radius 1 is 0.632 bits per heavy atom. The summed E-state index contributed by atoms with van der Waals surface area (Å²) < 4.78 is 0. The van der Waals surface area contributed by atoms with Crippen LogP contribution in [0.15, 0.2) is 36.4 Å². The van der Waals surface area contributed by atoms with Gasteiger partial charge in [0.1, 0.15) is 0 Å². The molecule has 0 saturated heterocycles. The van der Waals surface area contributed by atoms with Crippen molar-refractivity contribution in [2.24, 2.45) is 0 Å². The van der Waals surface area contributed by atoms with Gasteiger partial charge in [0.05, 0.1) is 0 Å². The maximum absolute atomic E-state index is 10.8. The van der Waals surface area contributed by atoms with Crippen LogP contribution in [0.4, 0.5) is 0 Å². The van der Waals surface area contributed by atoms with E-state index < -0.39 is 0 Å². The fourth-order valence-corrected chi connectivity index (χ4v) is 1.41. The molecule has 0 aliphatic carbocycles. The van der Waals surface area contributed by atoms with E-state index in [0.29, 0.717) is 0 Å². The molecule has 0 unspecified atom stereocenters. The minimum atomic E-state index is 0. The van der Waals surface area contributed by atoms with Crippen LogP contribution in [0.1, 0.15) is 22.3 Å². The minimum absolute atomic E-state index is 0. The Morgan fingerprint density at radius 3 is 1.16 bits per heavy atom. The maximum atomic E-state index is 10.8. The van der Waals surface area contributed by atoms with E-state index in [9.17, 15) is 10.2 Å². The molecule has 19 heavy (non-hydrogen) atoms. The molecule has 2 nitrogen and oxygen atoms in total. The van der Waals surface area contributed by atoms with Gasteiger partial charge in [-0.25, -0.2) is 0 Å². The van der Waals surface area contributed by atoms with E-state index in [1.807, 2.05) is 52.0 Å². The molecule has 0 aromatic heterocycles. The monoisotopic (exact) mass is 266 g/mol. The molecule has 0 saturated carbocycles. The first kappa shape index (κ1) is 17.8. The van der Waals surface area contributed by atoms with Gasteiger partial charge >= 0.3 is 23.1 Å². The second-order valence-electron chi connectivity index (χ2n) is 4.54. The fraction of sp³-hybridized carbons (Fsp3) is 0.250. The van der Waals surface area contributed by atoms with Gasteiger partial charge in [0.15, 0.2) is 0 Å². The van der Waals surface area contributed by atoms with Crippen molar-refractivity contribution in [2.75, 3.05) is 0 Å². The predicted molar refractivity (Wildman–Crippen MR) is 76.5 cm³/mol. The zero-order valence-corrected chi connectivity index (χ0v) is 13.4. The van der Waals surface area contributed by atoms with Crippen LogP contribution >= 0.6 is 0 Å². The third kappa shape index (κ3) is 5.99. The first-order chi connectivity index (χ1) is 8.40. The predicted octanol–water partition coefficient (Wildman–Crippen LogP) is 2.37. The second-order valence-corrected chi connectivity index (χ2v) is 4.54. The quantitative estimate of drug-likeness (QED) is 0.687. The average molecular weight is 267 g/mol. The summed E-state index contributed by atoms with van der Waals surface area (Å²) in [7, 11) is 0. The summed E-state index contributed by atoms with van der Waals surface area (Å²) in [4.78, 5) is 0. The summed E-state index contributed by atoms with van der Waals surface area (Å²) in [5, 5.41) is 21.7. The molecule has 2 rings (SSSR count). The Bertz CT molecular complexity index is 487. The van der Waals surface area contributed by atoms with Crippen molar-refractivity contribution in [3.63, 3.8) is 0 Å². The van der Waals surface area contributed by atoms with Crippen LogP contribution in [0.25, 0.3) is 0 Å². The molecule has 0 aliphatic rings. The van der Waals surface area contributed by atoms with E-state index in [-0.39, 0.29) is 34.6 Å². The Morgan fingerprint density at radius 2 is 0.947 bits per heavy atom.